The molecule has 1 aromatic heterocycles. The zero-order valence-corrected chi connectivity index (χ0v) is 15.8. The lowest BCUT2D eigenvalue weighted by Gasteiger charge is -2.30. The molecule has 1 atom stereocenters. The molecule has 0 radical (unpaired) electrons. The normalized spacial score (nSPS) is 17.6. The second kappa shape index (κ2) is 7.88. The summed E-state index contributed by atoms with van der Waals surface area (Å²) in [6, 6.07) is 9.07. The van der Waals surface area contributed by atoms with Crippen molar-refractivity contribution < 1.29 is 19.1 Å². The predicted octanol–water partition coefficient (Wildman–Crippen LogP) is 2.35. The number of hydrogen-bond acceptors (Lipinski definition) is 5. The minimum atomic E-state index is -0.414. The molecule has 2 aliphatic heterocycles. The maximum absolute atomic E-state index is 13.4. The average Bonchev–Trinajstić information content (AvgIpc) is 3.37. The number of carbonyl (C=O) groups is 2. The Hall–Kier alpha value is -3.09. The Morgan fingerprint density at radius 1 is 1.21 bits per heavy atom. The van der Waals surface area contributed by atoms with E-state index < -0.39 is 6.04 Å². The summed E-state index contributed by atoms with van der Waals surface area (Å²) in [5.41, 5.74) is 1.83. The monoisotopic (exact) mass is 381 g/mol. The topological polar surface area (TPSA) is 72.0 Å². The lowest BCUT2D eigenvalue weighted by atomic mass is 10.1. The van der Waals surface area contributed by atoms with Crippen LogP contribution in [0, 0.1) is 0 Å². The van der Waals surface area contributed by atoms with E-state index in [-0.39, 0.29) is 18.6 Å². The van der Waals surface area contributed by atoms with Crippen LogP contribution in [-0.4, -0.2) is 46.0 Å². The summed E-state index contributed by atoms with van der Waals surface area (Å²) in [6.45, 7) is 3.13. The Morgan fingerprint density at radius 2 is 2.11 bits per heavy atom. The van der Waals surface area contributed by atoms with Gasteiger partial charge < -0.3 is 19.3 Å². The van der Waals surface area contributed by atoms with Crippen LogP contribution in [0.4, 0.5) is 0 Å². The number of likely N-dealkylation sites (tertiary alicyclic amines) is 1. The summed E-state index contributed by atoms with van der Waals surface area (Å²) in [5.74, 6) is 1.27. The lowest BCUT2D eigenvalue weighted by Crippen LogP contribution is -2.46. The van der Waals surface area contributed by atoms with Gasteiger partial charge in [0, 0.05) is 44.5 Å². The molecule has 0 aliphatic carbocycles. The van der Waals surface area contributed by atoms with Crippen molar-refractivity contribution in [3.8, 4) is 11.5 Å². The summed E-state index contributed by atoms with van der Waals surface area (Å²) in [7, 11) is 0. The number of para-hydroxylation sites is 1. The largest absolute Gasteiger partial charge is 0.454 e. The number of ether oxygens (including phenoxy) is 2. The molecule has 3 heterocycles. The highest BCUT2D eigenvalue weighted by Crippen LogP contribution is 2.36. The van der Waals surface area contributed by atoms with E-state index in [1.54, 1.807) is 22.2 Å². The standard InChI is InChI=1S/C21H23N3O4/c1-15(25)24-10-4-7-18(24)21(26)23(12-16-5-3-9-22-11-16)13-17-6-2-8-19-20(17)28-14-27-19/h2-3,5-6,8-9,11,18H,4,7,10,12-14H2,1H3/t18-/m1/s1. The molecule has 0 unspecified atom stereocenters. The van der Waals surface area contributed by atoms with Crippen LogP contribution >= 0.6 is 0 Å². The number of hydrogen-bond donors (Lipinski definition) is 0. The first-order valence-electron chi connectivity index (χ1n) is 9.46. The van der Waals surface area contributed by atoms with E-state index in [2.05, 4.69) is 4.98 Å². The van der Waals surface area contributed by atoms with Gasteiger partial charge in [-0.2, -0.15) is 0 Å². The first-order chi connectivity index (χ1) is 13.6. The average molecular weight is 381 g/mol. The van der Waals surface area contributed by atoms with Gasteiger partial charge in [0.25, 0.3) is 0 Å². The number of nitrogens with zero attached hydrogens (tertiary/aromatic N) is 3. The number of pyridine rings is 1. The molecule has 2 amide bonds. The molecule has 0 N–H and O–H groups in total. The van der Waals surface area contributed by atoms with Gasteiger partial charge in [-0.1, -0.05) is 18.2 Å². The number of aromatic nitrogens is 1. The molecule has 7 nitrogen and oxygen atoms in total. The zero-order chi connectivity index (χ0) is 19.5. The fourth-order valence-electron chi connectivity index (χ4n) is 3.86. The summed E-state index contributed by atoms with van der Waals surface area (Å²) in [6.07, 6.45) is 4.99. The van der Waals surface area contributed by atoms with Crippen molar-refractivity contribution in [3.05, 3.63) is 53.9 Å². The van der Waals surface area contributed by atoms with Crippen LogP contribution in [0.3, 0.4) is 0 Å². The molecule has 4 rings (SSSR count). The maximum Gasteiger partial charge on any atom is 0.245 e. The summed E-state index contributed by atoms with van der Waals surface area (Å²) >= 11 is 0. The number of benzene rings is 1. The minimum absolute atomic E-state index is 0.0481. The Kier molecular flexibility index (Phi) is 5.14. The smallest absolute Gasteiger partial charge is 0.245 e. The quantitative estimate of drug-likeness (QED) is 0.795. The molecule has 0 spiro atoms. The SMILES string of the molecule is CC(=O)N1CCC[C@@H]1C(=O)N(Cc1cccnc1)Cc1cccc2c1OCO2. The third-order valence-corrected chi connectivity index (χ3v) is 5.19. The maximum atomic E-state index is 13.4. The molecule has 0 bridgehead atoms. The second-order valence-electron chi connectivity index (χ2n) is 7.08. The Morgan fingerprint density at radius 3 is 2.89 bits per heavy atom. The van der Waals surface area contributed by atoms with E-state index in [0.717, 1.165) is 17.5 Å². The summed E-state index contributed by atoms with van der Waals surface area (Å²) in [5, 5.41) is 0. The van der Waals surface area contributed by atoms with E-state index in [1.807, 2.05) is 30.3 Å². The van der Waals surface area contributed by atoms with Gasteiger partial charge in [0.05, 0.1) is 0 Å². The predicted molar refractivity (Wildman–Crippen MR) is 101 cm³/mol. The Bertz CT molecular complexity index is 871. The number of rotatable bonds is 5. The molecular weight excluding hydrogens is 358 g/mol. The van der Waals surface area contributed by atoms with Crippen molar-refractivity contribution in [1.29, 1.82) is 0 Å². The Balaban J connectivity index is 1.61. The van der Waals surface area contributed by atoms with E-state index in [1.165, 1.54) is 6.92 Å². The number of amides is 2. The van der Waals surface area contributed by atoms with Crippen molar-refractivity contribution in [2.24, 2.45) is 0 Å². The fourth-order valence-corrected chi connectivity index (χ4v) is 3.86. The number of fused-ring (bicyclic) bond motifs is 1. The van der Waals surface area contributed by atoms with Crippen LogP contribution in [-0.2, 0) is 22.7 Å². The summed E-state index contributed by atoms with van der Waals surface area (Å²) < 4.78 is 11.1. The third-order valence-electron chi connectivity index (χ3n) is 5.19. The van der Waals surface area contributed by atoms with Gasteiger partial charge in [-0.15, -0.1) is 0 Å². The van der Waals surface area contributed by atoms with E-state index >= 15 is 0 Å². The van der Waals surface area contributed by atoms with E-state index in [0.29, 0.717) is 37.6 Å². The first kappa shape index (κ1) is 18.3. The second-order valence-corrected chi connectivity index (χ2v) is 7.08. The van der Waals surface area contributed by atoms with Gasteiger partial charge in [-0.3, -0.25) is 14.6 Å². The van der Waals surface area contributed by atoms with Gasteiger partial charge in [-0.25, -0.2) is 0 Å². The molecule has 2 aromatic rings. The van der Waals surface area contributed by atoms with Crippen molar-refractivity contribution in [2.75, 3.05) is 13.3 Å². The molecular formula is C21H23N3O4. The molecule has 1 fully saturated rings. The molecule has 2 aliphatic rings. The molecule has 7 heteroatoms. The number of carbonyl (C=O) groups excluding carboxylic acids is 2. The van der Waals surface area contributed by atoms with Gasteiger partial charge in [-0.05, 0) is 30.5 Å². The highest BCUT2D eigenvalue weighted by Gasteiger charge is 2.35. The minimum Gasteiger partial charge on any atom is -0.454 e. The highest BCUT2D eigenvalue weighted by molar-refractivity contribution is 5.87. The molecule has 146 valence electrons. The van der Waals surface area contributed by atoms with Crippen LogP contribution in [0.5, 0.6) is 11.5 Å². The van der Waals surface area contributed by atoms with Crippen molar-refractivity contribution in [3.63, 3.8) is 0 Å². The van der Waals surface area contributed by atoms with Crippen LogP contribution in [0.1, 0.15) is 30.9 Å². The van der Waals surface area contributed by atoms with Gasteiger partial charge in [0.15, 0.2) is 11.5 Å². The van der Waals surface area contributed by atoms with Gasteiger partial charge in [0.1, 0.15) is 6.04 Å². The first-order valence-corrected chi connectivity index (χ1v) is 9.46. The van der Waals surface area contributed by atoms with Crippen LogP contribution in [0.15, 0.2) is 42.7 Å². The lowest BCUT2D eigenvalue weighted by molar-refractivity contribution is -0.143. The van der Waals surface area contributed by atoms with Gasteiger partial charge in [0.2, 0.25) is 18.6 Å². The fraction of sp³-hybridized carbons (Fsp3) is 0.381. The molecule has 1 saturated heterocycles. The van der Waals surface area contributed by atoms with E-state index in [9.17, 15) is 9.59 Å². The van der Waals surface area contributed by atoms with Crippen LogP contribution < -0.4 is 9.47 Å². The van der Waals surface area contributed by atoms with Crippen molar-refractivity contribution in [1.82, 2.24) is 14.8 Å². The van der Waals surface area contributed by atoms with E-state index in [4.69, 9.17) is 9.47 Å². The van der Waals surface area contributed by atoms with Crippen LogP contribution in [0.2, 0.25) is 0 Å². The van der Waals surface area contributed by atoms with Gasteiger partial charge >= 0.3 is 0 Å². The highest BCUT2D eigenvalue weighted by atomic mass is 16.7. The van der Waals surface area contributed by atoms with Crippen LogP contribution in [0.25, 0.3) is 0 Å². The molecule has 1 aromatic carbocycles. The van der Waals surface area contributed by atoms with Crippen molar-refractivity contribution in [2.45, 2.75) is 38.9 Å². The summed E-state index contributed by atoms with van der Waals surface area (Å²) in [4.78, 5) is 33.0. The molecule has 28 heavy (non-hydrogen) atoms. The molecule has 0 saturated carbocycles. The van der Waals surface area contributed by atoms with Crippen molar-refractivity contribution >= 4 is 11.8 Å². The Labute approximate surface area is 163 Å². The zero-order valence-electron chi connectivity index (χ0n) is 15.8. The third kappa shape index (κ3) is 3.65.